The number of hydrogen-bond donors (Lipinski definition) is 1. The molecule has 1 aliphatic heterocycles. The molecule has 0 amide bonds. The van der Waals surface area contributed by atoms with Crippen LogP contribution in [0.5, 0.6) is 5.88 Å². The first-order chi connectivity index (χ1) is 11.3. The summed E-state index contributed by atoms with van der Waals surface area (Å²) in [6.07, 6.45) is 3.26. The summed E-state index contributed by atoms with van der Waals surface area (Å²) in [5.74, 6) is 1.34. The molecule has 124 valence electrons. The molecule has 2 aromatic heterocycles. The zero-order valence-corrected chi connectivity index (χ0v) is 13.7. The van der Waals surface area contributed by atoms with Crippen molar-refractivity contribution in [3.8, 4) is 17.1 Å². The first-order valence-corrected chi connectivity index (χ1v) is 7.60. The van der Waals surface area contributed by atoms with Crippen LogP contribution in [-0.4, -0.2) is 53.3 Å². The van der Waals surface area contributed by atoms with Crippen molar-refractivity contribution in [2.75, 3.05) is 44.0 Å². The lowest BCUT2D eigenvalue weighted by Crippen LogP contribution is -2.37. The summed E-state index contributed by atoms with van der Waals surface area (Å²) in [6, 6.07) is 1.75. The van der Waals surface area contributed by atoms with Crippen LogP contribution in [0, 0.1) is 0 Å². The molecule has 23 heavy (non-hydrogen) atoms. The second-order valence-corrected chi connectivity index (χ2v) is 4.52. The van der Waals surface area contributed by atoms with E-state index in [-0.39, 0.29) is 5.95 Å². The number of rotatable bonds is 3. The van der Waals surface area contributed by atoms with Gasteiger partial charge >= 0.3 is 0 Å². The van der Waals surface area contributed by atoms with E-state index in [0.29, 0.717) is 30.7 Å². The van der Waals surface area contributed by atoms with E-state index in [1.807, 2.05) is 13.8 Å². The number of hydrogen-bond acceptors (Lipinski definition) is 8. The molecule has 0 radical (unpaired) electrons. The monoisotopic (exact) mass is 318 g/mol. The maximum Gasteiger partial charge on any atom is 0.229 e. The minimum absolute atomic E-state index is 0.230. The third kappa shape index (κ3) is 4.26. The summed E-state index contributed by atoms with van der Waals surface area (Å²) < 4.78 is 10.6. The minimum Gasteiger partial charge on any atom is -0.481 e. The van der Waals surface area contributed by atoms with E-state index in [1.54, 1.807) is 25.6 Å². The molecule has 2 N–H and O–H groups in total. The van der Waals surface area contributed by atoms with Crippen LogP contribution in [0.25, 0.3) is 11.3 Å². The lowest BCUT2D eigenvalue weighted by molar-refractivity contribution is 0.122. The van der Waals surface area contributed by atoms with Gasteiger partial charge in [-0.1, -0.05) is 13.8 Å². The lowest BCUT2D eigenvalue weighted by Gasteiger charge is -2.27. The van der Waals surface area contributed by atoms with Crippen molar-refractivity contribution in [1.29, 1.82) is 0 Å². The van der Waals surface area contributed by atoms with Gasteiger partial charge in [-0.25, -0.2) is 15.0 Å². The normalized spacial score (nSPS) is 14.0. The standard InChI is InChI=1S/C13H16N6O2.C2H6/c1-20-11-6-10(9-7-15-12(14)16-8-9)17-13(18-11)19-2-4-21-5-3-19;1-2/h6-8H,2-5H2,1H3,(H2,14,15,16);1-2H3. The van der Waals surface area contributed by atoms with Crippen LogP contribution in [0.4, 0.5) is 11.9 Å². The molecule has 0 saturated carbocycles. The van der Waals surface area contributed by atoms with Crippen LogP contribution in [0.1, 0.15) is 13.8 Å². The smallest absolute Gasteiger partial charge is 0.229 e. The SMILES string of the molecule is CC.COc1cc(-c2cnc(N)nc2)nc(N2CCOCC2)n1. The van der Waals surface area contributed by atoms with Crippen molar-refractivity contribution in [1.82, 2.24) is 19.9 Å². The number of morpholine rings is 1. The van der Waals surface area contributed by atoms with Crippen molar-refractivity contribution in [3.63, 3.8) is 0 Å². The van der Waals surface area contributed by atoms with Crippen molar-refractivity contribution < 1.29 is 9.47 Å². The quantitative estimate of drug-likeness (QED) is 0.906. The Morgan fingerprint density at radius 3 is 2.39 bits per heavy atom. The predicted octanol–water partition coefficient (Wildman–Crippen LogP) is 1.39. The maximum atomic E-state index is 5.51. The molecular formula is C15H22N6O2. The van der Waals surface area contributed by atoms with Gasteiger partial charge in [-0.15, -0.1) is 0 Å². The van der Waals surface area contributed by atoms with E-state index >= 15 is 0 Å². The van der Waals surface area contributed by atoms with Gasteiger partial charge in [0.1, 0.15) is 0 Å². The van der Waals surface area contributed by atoms with Gasteiger partial charge in [0.15, 0.2) is 0 Å². The molecule has 8 nitrogen and oxygen atoms in total. The number of nitrogens with two attached hydrogens (primary N) is 1. The van der Waals surface area contributed by atoms with Gasteiger partial charge in [0.25, 0.3) is 0 Å². The highest BCUT2D eigenvalue weighted by molar-refractivity contribution is 5.60. The Labute approximate surface area is 135 Å². The molecule has 1 aliphatic rings. The molecule has 1 saturated heterocycles. The van der Waals surface area contributed by atoms with Crippen LogP contribution in [0.3, 0.4) is 0 Å². The summed E-state index contributed by atoms with van der Waals surface area (Å²) >= 11 is 0. The van der Waals surface area contributed by atoms with E-state index in [9.17, 15) is 0 Å². The fourth-order valence-electron chi connectivity index (χ4n) is 2.04. The van der Waals surface area contributed by atoms with E-state index < -0.39 is 0 Å². The molecule has 0 atom stereocenters. The zero-order chi connectivity index (χ0) is 16.7. The third-order valence-corrected chi connectivity index (χ3v) is 3.16. The van der Waals surface area contributed by atoms with Gasteiger partial charge in [0, 0.05) is 37.1 Å². The van der Waals surface area contributed by atoms with E-state index in [0.717, 1.165) is 18.7 Å². The molecule has 3 heterocycles. The highest BCUT2D eigenvalue weighted by atomic mass is 16.5. The molecule has 0 aromatic carbocycles. The number of anilines is 2. The van der Waals surface area contributed by atoms with Crippen molar-refractivity contribution in [2.45, 2.75) is 13.8 Å². The highest BCUT2D eigenvalue weighted by Gasteiger charge is 2.16. The summed E-state index contributed by atoms with van der Waals surface area (Å²) in [6.45, 7) is 6.84. The van der Waals surface area contributed by atoms with Crippen LogP contribution in [0.2, 0.25) is 0 Å². The number of nitrogen functional groups attached to an aromatic ring is 1. The first kappa shape index (κ1) is 16.9. The van der Waals surface area contributed by atoms with Crippen molar-refractivity contribution >= 4 is 11.9 Å². The van der Waals surface area contributed by atoms with Crippen molar-refractivity contribution in [2.24, 2.45) is 0 Å². The second-order valence-electron chi connectivity index (χ2n) is 4.52. The summed E-state index contributed by atoms with van der Waals surface area (Å²) in [5, 5.41) is 0. The van der Waals surface area contributed by atoms with E-state index in [4.69, 9.17) is 15.2 Å². The number of aromatic nitrogens is 4. The molecular weight excluding hydrogens is 296 g/mol. The number of methoxy groups -OCH3 is 1. The first-order valence-electron chi connectivity index (χ1n) is 7.60. The third-order valence-electron chi connectivity index (χ3n) is 3.16. The zero-order valence-electron chi connectivity index (χ0n) is 13.7. The van der Waals surface area contributed by atoms with Crippen LogP contribution in [0.15, 0.2) is 18.5 Å². The van der Waals surface area contributed by atoms with Crippen LogP contribution >= 0.6 is 0 Å². The molecule has 0 aliphatic carbocycles. The second kappa shape index (κ2) is 8.23. The van der Waals surface area contributed by atoms with Crippen molar-refractivity contribution in [3.05, 3.63) is 18.5 Å². The van der Waals surface area contributed by atoms with Crippen LogP contribution < -0.4 is 15.4 Å². The van der Waals surface area contributed by atoms with Gasteiger partial charge in [0.2, 0.25) is 17.8 Å². The Bertz CT molecular complexity index is 614. The average molecular weight is 318 g/mol. The predicted molar refractivity (Wildman–Crippen MR) is 88.4 cm³/mol. The Balaban J connectivity index is 0.000000924. The van der Waals surface area contributed by atoms with E-state index in [1.165, 1.54) is 0 Å². The number of nitrogens with zero attached hydrogens (tertiary/aromatic N) is 5. The van der Waals surface area contributed by atoms with Gasteiger partial charge in [-0.05, 0) is 0 Å². The molecule has 1 fully saturated rings. The minimum atomic E-state index is 0.230. The van der Waals surface area contributed by atoms with Gasteiger partial charge < -0.3 is 20.1 Å². The lowest BCUT2D eigenvalue weighted by atomic mass is 10.2. The Hall–Kier alpha value is -2.48. The molecule has 0 unspecified atom stereocenters. The molecule has 3 rings (SSSR count). The molecule has 2 aromatic rings. The summed E-state index contributed by atoms with van der Waals surface area (Å²) in [7, 11) is 1.58. The maximum absolute atomic E-state index is 5.51. The van der Waals surface area contributed by atoms with Crippen LogP contribution in [-0.2, 0) is 4.74 Å². The number of ether oxygens (including phenoxy) is 2. The molecule has 8 heteroatoms. The van der Waals surface area contributed by atoms with Gasteiger partial charge in [-0.2, -0.15) is 4.98 Å². The summed E-state index contributed by atoms with van der Waals surface area (Å²) in [5.41, 5.74) is 6.97. The fourth-order valence-corrected chi connectivity index (χ4v) is 2.04. The topological polar surface area (TPSA) is 99.3 Å². The summed E-state index contributed by atoms with van der Waals surface area (Å²) in [4.78, 5) is 19.0. The largest absolute Gasteiger partial charge is 0.481 e. The Morgan fingerprint density at radius 1 is 1.13 bits per heavy atom. The van der Waals surface area contributed by atoms with Gasteiger partial charge in [-0.3, -0.25) is 0 Å². The van der Waals surface area contributed by atoms with E-state index in [2.05, 4.69) is 24.8 Å². The molecule has 0 bridgehead atoms. The molecule has 0 spiro atoms. The fraction of sp³-hybridized carbons (Fsp3) is 0.467. The highest BCUT2D eigenvalue weighted by Crippen LogP contribution is 2.23. The average Bonchev–Trinajstić information content (AvgIpc) is 2.64. The Kier molecular flexibility index (Phi) is 6.04. The Morgan fingerprint density at radius 2 is 1.78 bits per heavy atom. The van der Waals surface area contributed by atoms with Gasteiger partial charge in [0.05, 0.1) is 26.0 Å².